The predicted molar refractivity (Wildman–Crippen MR) is 183 cm³/mol. The Morgan fingerprint density at radius 3 is 1.23 bits per heavy atom. The Hall–Kier alpha value is -3.60. The SMILES string of the molecule is Cc1ccccc1-c1cccc(OCCCN(C)CCCN(C)CCCOc2cccc(-c3ccccc3C)c2C)c1C. The van der Waals surface area contributed by atoms with E-state index in [1.807, 2.05) is 0 Å². The van der Waals surface area contributed by atoms with Gasteiger partial charge < -0.3 is 19.3 Å². The van der Waals surface area contributed by atoms with Gasteiger partial charge in [-0.05, 0) is 131 Å². The molecule has 0 bridgehead atoms. The van der Waals surface area contributed by atoms with Gasteiger partial charge in [0.1, 0.15) is 11.5 Å². The number of ether oxygens (including phenoxy) is 2. The van der Waals surface area contributed by atoms with E-state index in [2.05, 4.69) is 137 Å². The summed E-state index contributed by atoms with van der Waals surface area (Å²) in [5.74, 6) is 1.98. The number of nitrogens with zero attached hydrogens (tertiary/aromatic N) is 2. The zero-order valence-electron chi connectivity index (χ0n) is 27.2. The van der Waals surface area contributed by atoms with Gasteiger partial charge in [0.2, 0.25) is 0 Å². The van der Waals surface area contributed by atoms with Gasteiger partial charge in [0, 0.05) is 13.1 Å². The highest BCUT2D eigenvalue weighted by Gasteiger charge is 2.11. The van der Waals surface area contributed by atoms with Crippen molar-refractivity contribution in [2.75, 3.05) is 53.5 Å². The molecule has 0 radical (unpaired) electrons. The second-order valence-corrected chi connectivity index (χ2v) is 11.9. The Labute approximate surface area is 260 Å². The van der Waals surface area contributed by atoms with Gasteiger partial charge in [0.05, 0.1) is 13.2 Å². The number of rotatable bonds is 16. The van der Waals surface area contributed by atoms with E-state index in [4.69, 9.17) is 9.47 Å². The molecule has 0 aliphatic carbocycles. The van der Waals surface area contributed by atoms with Crippen LogP contribution in [-0.4, -0.2) is 63.3 Å². The maximum Gasteiger partial charge on any atom is 0.122 e. The van der Waals surface area contributed by atoms with Crippen molar-refractivity contribution in [3.8, 4) is 33.8 Å². The third kappa shape index (κ3) is 9.19. The van der Waals surface area contributed by atoms with Crippen molar-refractivity contribution in [1.82, 2.24) is 9.80 Å². The zero-order chi connectivity index (χ0) is 30.6. The van der Waals surface area contributed by atoms with Gasteiger partial charge in [-0.25, -0.2) is 0 Å². The first-order valence-electron chi connectivity index (χ1n) is 15.8. The Kier molecular flexibility index (Phi) is 12.3. The minimum Gasteiger partial charge on any atom is -0.493 e. The summed E-state index contributed by atoms with van der Waals surface area (Å²) < 4.78 is 12.4. The molecule has 0 aliphatic heterocycles. The number of hydrogen-bond donors (Lipinski definition) is 0. The minimum absolute atomic E-state index is 0.732. The van der Waals surface area contributed by atoms with E-state index in [0.717, 1.165) is 70.2 Å². The maximum absolute atomic E-state index is 6.21. The van der Waals surface area contributed by atoms with Crippen molar-refractivity contribution in [3.05, 3.63) is 107 Å². The fourth-order valence-electron chi connectivity index (χ4n) is 5.74. The molecule has 228 valence electrons. The van der Waals surface area contributed by atoms with Crippen LogP contribution in [-0.2, 0) is 0 Å². The van der Waals surface area contributed by atoms with Gasteiger partial charge in [-0.15, -0.1) is 0 Å². The van der Waals surface area contributed by atoms with Gasteiger partial charge in [0.25, 0.3) is 0 Å². The smallest absolute Gasteiger partial charge is 0.122 e. The molecule has 0 saturated heterocycles. The minimum atomic E-state index is 0.732. The van der Waals surface area contributed by atoms with Crippen molar-refractivity contribution >= 4 is 0 Å². The van der Waals surface area contributed by atoms with E-state index in [1.54, 1.807) is 0 Å². The highest BCUT2D eigenvalue weighted by Crippen LogP contribution is 2.33. The lowest BCUT2D eigenvalue weighted by atomic mass is 9.96. The van der Waals surface area contributed by atoms with Gasteiger partial charge in [0.15, 0.2) is 0 Å². The molecule has 4 rings (SSSR count). The number of aryl methyl sites for hydroxylation is 2. The molecule has 4 aromatic rings. The topological polar surface area (TPSA) is 24.9 Å². The Morgan fingerprint density at radius 1 is 0.442 bits per heavy atom. The van der Waals surface area contributed by atoms with Crippen LogP contribution < -0.4 is 9.47 Å². The first kappa shape index (κ1) is 32.3. The Balaban J connectivity index is 1.10. The molecule has 0 aliphatic rings. The molecule has 0 unspecified atom stereocenters. The zero-order valence-corrected chi connectivity index (χ0v) is 27.2. The van der Waals surface area contributed by atoms with Crippen LogP contribution in [0, 0.1) is 27.7 Å². The first-order valence-corrected chi connectivity index (χ1v) is 15.8. The van der Waals surface area contributed by atoms with Crippen LogP contribution in [0.2, 0.25) is 0 Å². The molecule has 43 heavy (non-hydrogen) atoms. The monoisotopic (exact) mass is 578 g/mol. The van der Waals surface area contributed by atoms with Crippen molar-refractivity contribution in [3.63, 3.8) is 0 Å². The third-order valence-electron chi connectivity index (χ3n) is 8.40. The van der Waals surface area contributed by atoms with E-state index in [9.17, 15) is 0 Å². The summed E-state index contributed by atoms with van der Waals surface area (Å²) in [6.07, 6.45) is 3.19. The second-order valence-electron chi connectivity index (χ2n) is 11.9. The van der Waals surface area contributed by atoms with E-state index in [1.165, 1.54) is 44.5 Å². The van der Waals surface area contributed by atoms with Gasteiger partial charge in [-0.1, -0.05) is 72.8 Å². The van der Waals surface area contributed by atoms with Crippen LogP contribution in [0.4, 0.5) is 0 Å². The second kappa shape index (κ2) is 16.3. The van der Waals surface area contributed by atoms with Crippen molar-refractivity contribution < 1.29 is 9.47 Å². The molecule has 0 atom stereocenters. The molecule has 0 aromatic heterocycles. The molecule has 0 amide bonds. The predicted octanol–water partition coefficient (Wildman–Crippen LogP) is 8.75. The summed E-state index contributed by atoms with van der Waals surface area (Å²) in [5.41, 5.74) is 10.1. The van der Waals surface area contributed by atoms with E-state index < -0.39 is 0 Å². The molecule has 4 nitrogen and oxygen atoms in total. The van der Waals surface area contributed by atoms with E-state index in [-0.39, 0.29) is 0 Å². The van der Waals surface area contributed by atoms with E-state index >= 15 is 0 Å². The van der Waals surface area contributed by atoms with Crippen LogP contribution in [0.15, 0.2) is 84.9 Å². The molecule has 4 aromatic carbocycles. The van der Waals surface area contributed by atoms with Crippen LogP contribution in [0.1, 0.15) is 41.5 Å². The molecule has 0 fully saturated rings. The Bertz CT molecular complexity index is 1340. The maximum atomic E-state index is 6.21. The average molecular weight is 579 g/mol. The molecule has 0 saturated carbocycles. The molecule has 0 heterocycles. The van der Waals surface area contributed by atoms with E-state index in [0.29, 0.717) is 0 Å². The summed E-state index contributed by atoms with van der Waals surface area (Å²) in [6, 6.07) is 29.9. The van der Waals surface area contributed by atoms with Crippen molar-refractivity contribution in [2.24, 2.45) is 0 Å². The standard InChI is InChI=1S/C39H50N2O2/c1-30-16-7-9-18-34(30)36-20-11-22-38(32(36)3)42-28-14-26-40(5)24-13-25-41(6)27-15-29-43-39-23-12-21-37(33(39)4)35-19-10-8-17-31(35)2/h7-12,16-23H,13-15,24-29H2,1-6H3. The van der Waals surface area contributed by atoms with Gasteiger partial charge in [-0.2, -0.15) is 0 Å². The summed E-state index contributed by atoms with van der Waals surface area (Å²) in [6.45, 7) is 14.4. The normalized spacial score (nSPS) is 11.3. The summed E-state index contributed by atoms with van der Waals surface area (Å²) >= 11 is 0. The lowest BCUT2D eigenvalue weighted by molar-refractivity contribution is 0.236. The largest absolute Gasteiger partial charge is 0.493 e. The fourth-order valence-corrected chi connectivity index (χ4v) is 5.74. The van der Waals surface area contributed by atoms with Gasteiger partial charge >= 0.3 is 0 Å². The molecule has 0 spiro atoms. The molecular formula is C39H50N2O2. The van der Waals surface area contributed by atoms with Crippen LogP contribution in [0.3, 0.4) is 0 Å². The van der Waals surface area contributed by atoms with Crippen LogP contribution >= 0.6 is 0 Å². The lowest BCUT2D eigenvalue weighted by Gasteiger charge is -2.21. The van der Waals surface area contributed by atoms with Crippen molar-refractivity contribution in [2.45, 2.75) is 47.0 Å². The van der Waals surface area contributed by atoms with Crippen LogP contribution in [0.5, 0.6) is 11.5 Å². The molecule has 0 N–H and O–H groups in total. The quantitative estimate of drug-likeness (QED) is 0.124. The van der Waals surface area contributed by atoms with Crippen molar-refractivity contribution in [1.29, 1.82) is 0 Å². The summed E-state index contributed by atoms with van der Waals surface area (Å²) in [5, 5.41) is 0. The Morgan fingerprint density at radius 2 is 0.814 bits per heavy atom. The van der Waals surface area contributed by atoms with Crippen LogP contribution in [0.25, 0.3) is 22.3 Å². The molecular weight excluding hydrogens is 528 g/mol. The van der Waals surface area contributed by atoms with Gasteiger partial charge in [-0.3, -0.25) is 0 Å². The summed E-state index contributed by atoms with van der Waals surface area (Å²) in [4.78, 5) is 4.84. The number of hydrogen-bond acceptors (Lipinski definition) is 4. The third-order valence-corrected chi connectivity index (χ3v) is 8.40. The highest BCUT2D eigenvalue weighted by molar-refractivity contribution is 5.73. The number of benzene rings is 4. The lowest BCUT2D eigenvalue weighted by Crippen LogP contribution is -2.28. The average Bonchev–Trinajstić information content (AvgIpc) is 3.00. The highest BCUT2D eigenvalue weighted by atomic mass is 16.5. The fraction of sp³-hybridized carbons (Fsp3) is 0.385. The summed E-state index contributed by atoms with van der Waals surface area (Å²) in [7, 11) is 4.43. The molecule has 4 heteroatoms. The first-order chi connectivity index (χ1) is 20.8.